The summed E-state index contributed by atoms with van der Waals surface area (Å²) in [6.45, 7) is 1.78. The summed E-state index contributed by atoms with van der Waals surface area (Å²) in [4.78, 5) is 3.82. The Kier molecular flexibility index (Phi) is 3.55. The van der Waals surface area contributed by atoms with Crippen molar-refractivity contribution >= 4 is 37.3 Å². The number of rotatable bonds is 3. The van der Waals surface area contributed by atoms with Gasteiger partial charge in [0.05, 0.1) is 17.7 Å². The number of halogens is 1. The van der Waals surface area contributed by atoms with E-state index >= 15 is 0 Å². The van der Waals surface area contributed by atoms with Gasteiger partial charge in [-0.15, -0.1) is 0 Å². The van der Waals surface area contributed by atoms with Gasteiger partial charge < -0.3 is 10.3 Å². The third-order valence-corrected chi connectivity index (χ3v) is 4.22. The monoisotopic (exact) mass is 344 g/mol. The number of nitrogens with two attached hydrogens (primary N) is 1. The van der Waals surface area contributed by atoms with E-state index < -0.39 is 10.0 Å². The minimum atomic E-state index is -3.73. The summed E-state index contributed by atoms with van der Waals surface area (Å²) >= 11 is 3.30. The van der Waals surface area contributed by atoms with Crippen molar-refractivity contribution in [3.05, 3.63) is 34.7 Å². The lowest BCUT2D eigenvalue weighted by Gasteiger charge is -2.12. The third-order valence-electron chi connectivity index (χ3n) is 2.52. The Labute approximate surface area is 119 Å². The van der Waals surface area contributed by atoms with E-state index in [0.717, 1.165) is 10.0 Å². The topological polar surface area (TPSA) is 90.0 Å². The molecule has 6 nitrogen and oxygen atoms in total. The Morgan fingerprint density at radius 1 is 1.42 bits per heavy atom. The van der Waals surface area contributed by atoms with E-state index in [0.29, 0.717) is 11.4 Å². The number of anilines is 2. The molecule has 2 rings (SSSR count). The van der Waals surface area contributed by atoms with Gasteiger partial charge in [-0.3, -0.25) is 4.72 Å². The molecule has 0 radical (unpaired) electrons. The Bertz CT molecular complexity index is 701. The number of sulfonamides is 1. The maximum Gasteiger partial charge on any atom is 0.281 e. The van der Waals surface area contributed by atoms with Gasteiger partial charge >= 0.3 is 0 Å². The van der Waals surface area contributed by atoms with Gasteiger partial charge in [0.25, 0.3) is 10.0 Å². The van der Waals surface area contributed by atoms with Crippen LogP contribution in [0.4, 0.5) is 11.4 Å². The number of nitrogens with zero attached hydrogens (tertiary/aromatic N) is 2. The number of nitrogen functional groups attached to an aromatic ring is 1. The van der Waals surface area contributed by atoms with Crippen molar-refractivity contribution in [2.24, 2.45) is 7.05 Å². The van der Waals surface area contributed by atoms with Gasteiger partial charge in [0, 0.05) is 17.7 Å². The maximum atomic E-state index is 12.2. The van der Waals surface area contributed by atoms with Crippen LogP contribution in [-0.4, -0.2) is 18.0 Å². The fraction of sp³-hybridized carbons (Fsp3) is 0.182. The van der Waals surface area contributed by atoms with Crippen molar-refractivity contribution in [2.45, 2.75) is 11.9 Å². The normalized spacial score (nSPS) is 11.5. The second-order valence-electron chi connectivity index (χ2n) is 4.17. The Morgan fingerprint density at radius 2 is 2.11 bits per heavy atom. The Hall–Kier alpha value is -1.54. The molecule has 0 amide bonds. The fourth-order valence-corrected chi connectivity index (χ4v) is 3.36. The lowest BCUT2D eigenvalue weighted by atomic mass is 10.2. The molecule has 2 aromatic rings. The average molecular weight is 345 g/mol. The van der Waals surface area contributed by atoms with Crippen LogP contribution < -0.4 is 10.5 Å². The molecule has 0 fully saturated rings. The zero-order chi connectivity index (χ0) is 14.2. The Morgan fingerprint density at radius 3 is 2.63 bits per heavy atom. The minimum absolute atomic E-state index is 0.0447. The van der Waals surface area contributed by atoms with Gasteiger partial charge in [-0.25, -0.2) is 4.98 Å². The Balaban J connectivity index is 2.41. The van der Waals surface area contributed by atoms with Crippen LogP contribution in [0, 0.1) is 6.92 Å². The summed E-state index contributed by atoms with van der Waals surface area (Å²) in [6.07, 6.45) is 2.85. The molecular weight excluding hydrogens is 332 g/mol. The first-order valence-electron chi connectivity index (χ1n) is 5.36. The van der Waals surface area contributed by atoms with Crippen LogP contribution in [-0.2, 0) is 17.1 Å². The SMILES string of the molecule is Cc1cc(Br)cc(N)c1NS(=O)(=O)c1cn(C)cn1. The second kappa shape index (κ2) is 4.86. The first kappa shape index (κ1) is 13.9. The van der Waals surface area contributed by atoms with E-state index in [1.807, 2.05) is 0 Å². The van der Waals surface area contributed by atoms with E-state index in [1.54, 1.807) is 30.7 Å². The molecule has 0 saturated heterocycles. The fourth-order valence-electron chi connectivity index (χ4n) is 1.62. The largest absolute Gasteiger partial charge is 0.397 e. The van der Waals surface area contributed by atoms with E-state index in [1.165, 1.54) is 12.5 Å². The van der Waals surface area contributed by atoms with Crippen LogP contribution in [0.1, 0.15) is 5.56 Å². The van der Waals surface area contributed by atoms with Crippen LogP contribution in [0.5, 0.6) is 0 Å². The van der Waals surface area contributed by atoms with Gasteiger partial charge in [0.15, 0.2) is 5.03 Å². The first-order valence-corrected chi connectivity index (χ1v) is 7.63. The molecular formula is C11H13BrN4O2S. The van der Waals surface area contributed by atoms with Crippen molar-refractivity contribution in [3.8, 4) is 0 Å². The van der Waals surface area contributed by atoms with Crippen LogP contribution in [0.3, 0.4) is 0 Å². The quantitative estimate of drug-likeness (QED) is 0.831. The smallest absolute Gasteiger partial charge is 0.281 e. The zero-order valence-corrected chi connectivity index (χ0v) is 12.8. The van der Waals surface area contributed by atoms with Gasteiger partial charge in [-0.1, -0.05) is 15.9 Å². The van der Waals surface area contributed by atoms with E-state index in [9.17, 15) is 8.42 Å². The van der Waals surface area contributed by atoms with Crippen LogP contribution in [0.2, 0.25) is 0 Å². The van der Waals surface area contributed by atoms with Gasteiger partial charge in [0.2, 0.25) is 0 Å². The van der Waals surface area contributed by atoms with Crippen LogP contribution >= 0.6 is 15.9 Å². The zero-order valence-electron chi connectivity index (χ0n) is 10.4. The number of imidazole rings is 1. The maximum absolute atomic E-state index is 12.2. The first-order chi connectivity index (χ1) is 8.79. The highest BCUT2D eigenvalue weighted by molar-refractivity contribution is 9.10. The molecule has 102 valence electrons. The molecule has 0 saturated carbocycles. The second-order valence-corrected chi connectivity index (χ2v) is 6.71. The molecule has 0 aliphatic heterocycles. The molecule has 0 aliphatic rings. The van der Waals surface area contributed by atoms with Crippen molar-refractivity contribution in [2.75, 3.05) is 10.5 Å². The summed E-state index contributed by atoms with van der Waals surface area (Å²) in [5, 5.41) is -0.0447. The molecule has 19 heavy (non-hydrogen) atoms. The minimum Gasteiger partial charge on any atom is -0.397 e. The summed E-state index contributed by atoms with van der Waals surface area (Å²) in [6, 6.07) is 3.43. The van der Waals surface area contributed by atoms with E-state index in [2.05, 4.69) is 25.6 Å². The molecule has 0 spiro atoms. The summed E-state index contributed by atoms with van der Waals surface area (Å²) in [7, 11) is -2.03. The number of aromatic nitrogens is 2. The van der Waals surface area contributed by atoms with Crippen molar-refractivity contribution in [1.82, 2.24) is 9.55 Å². The lowest BCUT2D eigenvalue weighted by molar-refractivity contribution is 0.598. The highest BCUT2D eigenvalue weighted by Gasteiger charge is 2.19. The third kappa shape index (κ3) is 2.90. The summed E-state index contributed by atoms with van der Waals surface area (Å²) in [5.74, 6) is 0. The van der Waals surface area contributed by atoms with Crippen molar-refractivity contribution in [1.29, 1.82) is 0 Å². The van der Waals surface area contributed by atoms with Gasteiger partial charge in [-0.2, -0.15) is 8.42 Å². The van der Waals surface area contributed by atoms with Crippen molar-refractivity contribution < 1.29 is 8.42 Å². The molecule has 3 N–H and O–H groups in total. The van der Waals surface area contributed by atoms with E-state index in [-0.39, 0.29) is 5.03 Å². The predicted molar refractivity (Wildman–Crippen MR) is 77.3 cm³/mol. The number of hydrogen-bond acceptors (Lipinski definition) is 4. The highest BCUT2D eigenvalue weighted by atomic mass is 79.9. The molecule has 1 heterocycles. The number of hydrogen-bond donors (Lipinski definition) is 2. The standard InChI is InChI=1S/C11H13BrN4O2S/c1-7-3-8(12)4-9(13)11(7)15-19(17,18)10-5-16(2)6-14-10/h3-6,15H,13H2,1-2H3. The molecule has 8 heteroatoms. The predicted octanol–water partition coefficient (Wildman–Crippen LogP) is 1.87. The van der Waals surface area contributed by atoms with Crippen molar-refractivity contribution in [3.63, 3.8) is 0 Å². The van der Waals surface area contributed by atoms with Crippen LogP contribution in [0.25, 0.3) is 0 Å². The van der Waals surface area contributed by atoms with Crippen LogP contribution in [0.15, 0.2) is 34.2 Å². The highest BCUT2D eigenvalue weighted by Crippen LogP contribution is 2.29. The summed E-state index contributed by atoms with van der Waals surface area (Å²) < 4.78 is 29.1. The van der Waals surface area contributed by atoms with Gasteiger partial charge in [0.1, 0.15) is 0 Å². The molecule has 1 aromatic carbocycles. The number of nitrogens with one attached hydrogen (secondary N) is 1. The number of aryl methyl sites for hydroxylation is 2. The van der Waals surface area contributed by atoms with E-state index in [4.69, 9.17) is 5.73 Å². The molecule has 1 aromatic heterocycles. The molecule has 0 bridgehead atoms. The molecule has 0 unspecified atom stereocenters. The summed E-state index contributed by atoms with van der Waals surface area (Å²) in [5.41, 5.74) is 7.28. The average Bonchev–Trinajstić information content (AvgIpc) is 2.71. The number of benzene rings is 1. The van der Waals surface area contributed by atoms with Gasteiger partial charge in [-0.05, 0) is 24.6 Å². The molecule has 0 atom stereocenters. The lowest BCUT2D eigenvalue weighted by Crippen LogP contribution is -2.15. The molecule has 0 aliphatic carbocycles.